The van der Waals surface area contributed by atoms with Crippen molar-refractivity contribution in [3.8, 4) is 11.5 Å². The van der Waals surface area contributed by atoms with E-state index in [2.05, 4.69) is 15.9 Å². The molecule has 5 heteroatoms. The van der Waals surface area contributed by atoms with Crippen LogP contribution in [0.2, 0.25) is 5.02 Å². The Morgan fingerprint density at radius 2 is 2.00 bits per heavy atom. The van der Waals surface area contributed by atoms with E-state index in [0.29, 0.717) is 10.8 Å². The summed E-state index contributed by atoms with van der Waals surface area (Å²) < 4.78 is 20.0. The summed E-state index contributed by atoms with van der Waals surface area (Å²) in [6, 6.07) is 9.26. The van der Waals surface area contributed by atoms with Crippen molar-refractivity contribution in [3.63, 3.8) is 0 Å². The first kappa shape index (κ1) is 14.0. The van der Waals surface area contributed by atoms with Crippen LogP contribution < -0.4 is 4.74 Å². The molecule has 2 aromatic rings. The third kappa shape index (κ3) is 3.14. The predicted octanol–water partition coefficient (Wildman–Crippen LogP) is 5.24. The van der Waals surface area contributed by atoms with E-state index in [-0.39, 0.29) is 11.3 Å². The second kappa shape index (κ2) is 5.72. The molecule has 0 aliphatic rings. The second-order valence-electron chi connectivity index (χ2n) is 3.85. The molecular formula is C14H9BrClFO2. The van der Waals surface area contributed by atoms with Crippen LogP contribution in [-0.2, 0) is 0 Å². The lowest BCUT2D eigenvalue weighted by Crippen LogP contribution is -2.01. The van der Waals surface area contributed by atoms with E-state index in [4.69, 9.17) is 16.3 Å². The fourth-order valence-electron chi connectivity index (χ4n) is 1.61. The van der Waals surface area contributed by atoms with Crippen molar-refractivity contribution in [3.05, 3.63) is 57.3 Å². The zero-order valence-electron chi connectivity index (χ0n) is 9.91. The van der Waals surface area contributed by atoms with Crippen LogP contribution in [0.25, 0.3) is 0 Å². The molecule has 0 aliphatic heterocycles. The summed E-state index contributed by atoms with van der Waals surface area (Å²) in [4.78, 5) is 11.5. The minimum absolute atomic E-state index is 0.0820. The summed E-state index contributed by atoms with van der Waals surface area (Å²) in [7, 11) is 0. The standard InChI is InChI=1S/C14H9BrClFO2/c1-8(18)14-11(17)3-2-4-13(14)19-12-6-5-9(15)7-10(12)16/h2-7H,1H3. The quantitative estimate of drug-likeness (QED) is 0.713. The average molecular weight is 344 g/mol. The summed E-state index contributed by atoms with van der Waals surface area (Å²) in [5.41, 5.74) is -0.0820. The smallest absolute Gasteiger partial charge is 0.166 e. The van der Waals surface area contributed by atoms with Crippen molar-refractivity contribution in [2.75, 3.05) is 0 Å². The number of ether oxygens (including phenoxy) is 1. The van der Waals surface area contributed by atoms with Crippen molar-refractivity contribution < 1.29 is 13.9 Å². The van der Waals surface area contributed by atoms with Crippen molar-refractivity contribution in [2.45, 2.75) is 6.92 Å². The van der Waals surface area contributed by atoms with Crippen LogP contribution in [0.4, 0.5) is 4.39 Å². The van der Waals surface area contributed by atoms with Gasteiger partial charge in [0, 0.05) is 4.47 Å². The summed E-state index contributed by atoms with van der Waals surface area (Å²) in [6.45, 7) is 1.29. The van der Waals surface area contributed by atoms with Crippen LogP contribution in [0.5, 0.6) is 11.5 Å². The molecule has 0 aliphatic carbocycles. The van der Waals surface area contributed by atoms with E-state index in [9.17, 15) is 9.18 Å². The molecule has 2 nitrogen and oxygen atoms in total. The highest BCUT2D eigenvalue weighted by molar-refractivity contribution is 9.10. The normalized spacial score (nSPS) is 10.3. The van der Waals surface area contributed by atoms with Crippen LogP contribution >= 0.6 is 27.5 Å². The van der Waals surface area contributed by atoms with Gasteiger partial charge in [0.2, 0.25) is 0 Å². The Hall–Kier alpha value is -1.39. The molecule has 2 aromatic carbocycles. The van der Waals surface area contributed by atoms with Gasteiger partial charge in [0.1, 0.15) is 17.3 Å². The molecule has 0 amide bonds. The first-order valence-electron chi connectivity index (χ1n) is 5.41. The maximum Gasteiger partial charge on any atom is 0.166 e. The third-order valence-electron chi connectivity index (χ3n) is 2.44. The van der Waals surface area contributed by atoms with Crippen molar-refractivity contribution in [1.29, 1.82) is 0 Å². The number of carbonyl (C=O) groups excluding carboxylic acids is 1. The number of halogens is 3. The predicted molar refractivity (Wildman–Crippen MR) is 75.6 cm³/mol. The van der Waals surface area contributed by atoms with Gasteiger partial charge >= 0.3 is 0 Å². The fraction of sp³-hybridized carbons (Fsp3) is 0.0714. The first-order chi connectivity index (χ1) is 8.99. The summed E-state index contributed by atoms with van der Waals surface area (Å²) in [6.07, 6.45) is 0. The molecule has 0 N–H and O–H groups in total. The Balaban J connectivity index is 2.44. The molecule has 0 unspecified atom stereocenters. The van der Waals surface area contributed by atoms with Gasteiger partial charge in [-0.2, -0.15) is 0 Å². The minimum atomic E-state index is -0.613. The molecule has 0 atom stereocenters. The zero-order chi connectivity index (χ0) is 14.0. The van der Waals surface area contributed by atoms with E-state index in [1.54, 1.807) is 18.2 Å². The number of hydrogen-bond acceptors (Lipinski definition) is 2. The van der Waals surface area contributed by atoms with Gasteiger partial charge in [-0.3, -0.25) is 4.79 Å². The Bertz CT molecular complexity index is 643. The molecule has 2 rings (SSSR count). The number of hydrogen-bond donors (Lipinski definition) is 0. The zero-order valence-corrected chi connectivity index (χ0v) is 12.3. The Morgan fingerprint density at radius 3 is 2.63 bits per heavy atom. The van der Waals surface area contributed by atoms with Crippen LogP contribution in [0, 0.1) is 5.82 Å². The highest BCUT2D eigenvalue weighted by Crippen LogP contribution is 2.33. The SMILES string of the molecule is CC(=O)c1c(F)cccc1Oc1ccc(Br)cc1Cl. The maximum absolute atomic E-state index is 13.6. The first-order valence-corrected chi connectivity index (χ1v) is 6.58. The van der Waals surface area contributed by atoms with E-state index < -0.39 is 11.6 Å². The van der Waals surface area contributed by atoms with Crippen LogP contribution in [0.15, 0.2) is 40.9 Å². The van der Waals surface area contributed by atoms with Crippen LogP contribution in [0.3, 0.4) is 0 Å². The lowest BCUT2D eigenvalue weighted by molar-refractivity contribution is 0.101. The molecule has 0 heterocycles. The lowest BCUT2D eigenvalue weighted by atomic mass is 10.1. The Morgan fingerprint density at radius 1 is 1.26 bits per heavy atom. The monoisotopic (exact) mass is 342 g/mol. The molecule has 98 valence electrons. The largest absolute Gasteiger partial charge is 0.455 e. The molecule has 0 spiro atoms. The highest BCUT2D eigenvalue weighted by Gasteiger charge is 2.15. The minimum Gasteiger partial charge on any atom is -0.455 e. The van der Waals surface area contributed by atoms with Gasteiger partial charge in [0.15, 0.2) is 5.78 Å². The summed E-state index contributed by atoms with van der Waals surface area (Å²) in [5.74, 6) is -0.505. The van der Waals surface area contributed by atoms with E-state index in [1.165, 1.54) is 25.1 Å². The molecule has 0 fully saturated rings. The van der Waals surface area contributed by atoms with Gasteiger partial charge in [-0.05, 0) is 37.3 Å². The van der Waals surface area contributed by atoms with Gasteiger partial charge < -0.3 is 4.74 Å². The van der Waals surface area contributed by atoms with Crippen LogP contribution in [-0.4, -0.2) is 5.78 Å². The van der Waals surface area contributed by atoms with Gasteiger partial charge in [-0.25, -0.2) is 4.39 Å². The summed E-state index contributed by atoms with van der Waals surface area (Å²) >= 11 is 9.29. The van der Waals surface area contributed by atoms with E-state index in [1.807, 2.05) is 0 Å². The van der Waals surface area contributed by atoms with Gasteiger partial charge in [-0.1, -0.05) is 33.6 Å². The fourth-order valence-corrected chi connectivity index (χ4v) is 2.32. The molecule has 0 bridgehead atoms. The number of ketones is 1. The lowest BCUT2D eigenvalue weighted by Gasteiger charge is -2.11. The van der Waals surface area contributed by atoms with Crippen molar-refractivity contribution in [2.24, 2.45) is 0 Å². The molecule has 0 saturated heterocycles. The Labute approximate surface area is 123 Å². The molecule has 0 saturated carbocycles. The number of rotatable bonds is 3. The molecule has 19 heavy (non-hydrogen) atoms. The van der Waals surface area contributed by atoms with E-state index in [0.717, 1.165) is 4.47 Å². The van der Waals surface area contributed by atoms with E-state index >= 15 is 0 Å². The second-order valence-corrected chi connectivity index (χ2v) is 5.17. The number of benzene rings is 2. The topological polar surface area (TPSA) is 26.3 Å². The maximum atomic E-state index is 13.6. The Kier molecular flexibility index (Phi) is 4.22. The van der Waals surface area contributed by atoms with Crippen molar-refractivity contribution >= 4 is 33.3 Å². The molecule has 0 aromatic heterocycles. The third-order valence-corrected chi connectivity index (χ3v) is 3.23. The van der Waals surface area contributed by atoms with Gasteiger partial charge in [0.05, 0.1) is 10.6 Å². The highest BCUT2D eigenvalue weighted by atomic mass is 79.9. The van der Waals surface area contributed by atoms with Gasteiger partial charge in [0.25, 0.3) is 0 Å². The summed E-state index contributed by atoms with van der Waals surface area (Å²) in [5, 5.41) is 0.369. The van der Waals surface area contributed by atoms with Gasteiger partial charge in [-0.15, -0.1) is 0 Å². The number of carbonyl (C=O) groups is 1. The number of Topliss-reactive ketones (excluding diaryl/α,β-unsaturated/α-hetero) is 1. The van der Waals surface area contributed by atoms with Crippen molar-refractivity contribution in [1.82, 2.24) is 0 Å². The molecule has 0 radical (unpaired) electrons. The average Bonchev–Trinajstić information content (AvgIpc) is 2.32. The van der Waals surface area contributed by atoms with Crippen LogP contribution in [0.1, 0.15) is 17.3 Å². The molecular weight excluding hydrogens is 335 g/mol.